The molecule has 4 heteroatoms. The number of nitrogen functional groups attached to an aromatic ring is 1. The van der Waals surface area contributed by atoms with Crippen LogP contribution < -0.4 is 11.3 Å². The van der Waals surface area contributed by atoms with Crippen molar-refractivity contribution in [2.45, 2.75) is 19.3 Å². The van der Waals surface area contributed by atoms with Gasteiger partial charge in [-0.05, 0) is 36.8 Å². The van der Waals surface area contributed by atoms with Crippen molar-refractivity contribution in [2.24, 2.45) is 5.92 Å². The topological polar surface area (TPSA) is 71.8 Å². The molecule has 92 valence electrons. The molecule has 2 aromatic rings. The highest BCUT2D eigenvalue weighted by Gasteiger charge is 2.21. The average molecular weight is 241 g/mol. The minimum Gasteiger partial charge on any atom is -0.369 e. The number of hydrogen-bond acceptors (Lipinski definition) is 3. The summed E-state index contributed by atoms with van der Waals surface area (Å²) < 4.78 is 0. The van der Waals surface area contributed by atoms with Gasteiger partial charge in [-0.3, -0.25) is 9.78 Å². The average Bonchev–Trinajstić information content (AvgIpc) is 3.12. The molecule has 1 heterocycles. The van der Waals surface area contributed by atoms with Gasteiger partial charge in [-0.25, -0.2) is 4.98 Å². The van der Waals surface area contributed by atoms with Crippen molar-refractivity contribution < 1.29 is 0 Å². The van der Waals surface area contributed by atoms with Crippen molar-refractivity contribution in [3.05, 3.63) is 46.2 Å². The van der Waals surface area contributed by atoms with Gasteiger partial charge < -0.3 is 5.73 Å². The summed E-state index contributed by atoms with van der Waals surface area (Å²) in [6.45, 7) is 0. The summed E-state index contributed by atoms with van der Waals surface area (Å²) in [4.78, 5) is 18.0. The van der Waals surface area contributed by atoms with Crippen LogP contribution in [0.1, 0.15) is 18.4 Å². The minimum absolute atomic E-state index is 0.157. The van der Waals surface area contributed by atoms with Crippen LogP contribution >= 0.6 is 0 Å². The van der Waals surface area contributed by atoms with Crippen molar-refractivity contribution in [2.75, 3.05) is 5.73 Å². The van der Waals surface area contributed by atoms with Crippen molar-refractivity contribution in [3.63, 3.8) is 0 Å². The molecule has 0 atom stereocenters. The van der Waals surface area contributed by atoms with Gasteiger partial charge in [0.2, 0.25) is 5.95 Å². The number of hydrogen-bond donors (Lipinski definition) is 2. The largest absolute Gasteiger partial charge is 0.369 e. The van der Waals surface area contributed by atoms with Crippen LogP contribution in [0.3, 0.4) is 0 Å². The zero-order chi connectivity index (χ0) is 12.5. The Morgan fingerprint density at radius 1 is 1.33 bits per heavy atom. The second-order valence-electron chi connectivity index (χ2n) is 4.86. The summed E-state index contributed by atoms with van der Waals surface area (Å²) in [5.41, 5.74) is 8.23. The first kappa shape index (κ1) is 11.0. The predicted molar refractivity (Wildman–Crippen MR) is 71.1 cm³/mol. The molecule has 0 unspecified atom stereocenters. The number of benzene rings is 1. The zero-order valence-corrected chi connectivity index (χ0v) is 10.0. The molecule has 3 N–H and O–H groups in total. The first-order valence-electron chi connectivity index (χ1n) is 6.17. The molecule has 18 heavy (non-hydrogen) atoms. The van der Waals surface area contributed by atoms with E-state index in [-0.39, 0.29) is 11.5 Å². The standard InChI is InChI=1S/C14H15N3O/c15-14-16-12(8-13(18)17-14)11-3-1-2-10(7-11)6-9-4-5-9/h1-3,7-9H,4-6H2,(H3,15,16,17,18). The number of aromatic amines is 1. The first-order chi connectivity index (χ1) is 8.70. The third kappa shape index (κ3) is 2.42. The Morgan fingerprint density at radius 3 is 2.89 bits per heavy atom. The molecule has 0 spiro atoms. The Hall–Kier alpha value is -2.10. The number of H-pyrrole nitrogens is 1. The molecule has 0 saturated heterocycles. The summed E-state index contributed by atoms with van der Waals surface area (Å²) in [5, 5.41) is 0. The highest BCUT2D eigenvalue weighted by Crippen LogP contribution is 2.33. The van der Waals surface area contributed by atoms with Crippen LogP contribution in [0.25, 0.3) is 11.3 Å². The molecule has 1 aliphatic rings. The molecule has 1 saturated carbocycles. The molecular formula is C14H15N3O. The van der Waals surface area contributed by atoms with Crippen molar-refractivity contribution in [1.82, 2.24) is 9.97 Å². The quantitative estimate of drug-likeness (QED) is 0.863. The van der Waals surface area contributed by atoms with E-state index in [0.29, 0.717) is 5.69 Å². The summed E-state index contributed by atoms with van der Waals surface area (Å²) >= 11 is 0. The lowest BCUT2D eigenvalue weighted by atomic mass is 10.0. The maximum absolute atomic E-state index is 11.4. The van der Waals surface area contributed by atoms with Gasteiger partial charge in [0.25, 0.3) is 5.56 Å². The second-order valence-corrected chi connectivity index (χ2v) is 4.86. The molecule has 3 rings (SSSR count). The van der Waals surface area contributed by atoms with Gasteiger partial charge in [0.1, 0.15) is 0 Å². The highest BCUT2D eigenvalue weighted by atomic mass is 16.1. The normalized spacial score (nSPS) is 14.7. The van der Waals surface area contributed by atoms with Gasteiger partial charge in [0.15, 0.2) is 0 Å². The minimum atomic E-state index is -0.218. The first-order valence-corrected chi connectivity index (χ1v) is 6.17. The van der Waals surface area contributed by atoms with Crippen molar-refractivity contribution in [3.8, 4) is 11.3 Å². The third-order valence-corrected chi connectivity index (χ3v) is 3.20. The van der Waals surface area contributed by atoms with Gasteiger partial charge >= 0.3 is 0 Å². The number of rotatable bonds is 3. The fourth-order valence-electron chi connectivity index (χ4n) is 2.14. The van der Waals surface area contributed by atoms with E-state index in [1.807, 2.05) is 12.1 Å². The lowest BCUT2D eigenvalue weighted by Gasteiger charge is -2.04. The molecule has 0 radical (unpaired) electrons. The highest BCUT2D eigenvalue weighted by molar-refractivity contribution is 5.60. The number of anilines is 1. The summed E-state index contributed by atoms with van der Waals surface area (Å²) in [5.74, 6) is 1.00. The Kier molecular flexibility index (Phi) is 2.63. The Bertz CT molecular complexity index is 629. The van der Waals surface area contributed by atoms with E-state index in [1.54, 1.807) is 0 Å². The van der Waals surface area contributed by atoms with Gasteiger partial charge in [-0.1, -0.05) is 18.2 Å². The molecule has 1 fully saturated rings. The van der Waals surface area contributed by atoms with E-state index in [0.717, 1.165) is 17.9 Å². The fourth-order valence-corrected chi connectivity index (χ4v) is 2.14. The lowest BCUT2D eigenvalue weighted by molar-refractivity contribution is 0.832. The van der Waals surface area contributed by atoms with Crippen molar-refractivity contribution >= 4 is 5.95 Å². The van der Waals surface area contributed by atoms with Gasteiger partial charge in [-0.2, -0.15) is 0 Å². The monoisotopic (exact) mass is 241 g/mol. The van der Waals surface area contributed by atoms with Crippen LogP contribution in [0, 0.1) is 5.92 Å². The fraction of sp³-hybridized carbons (Fsp3) is 0.286. The van der Waals surface area contributed by atoms with Crippen LogP contribution in [0.5, 0.6) is 0 Å². The molecule has 4 nitrogen and oxygen atoms in total. The van der Waals surface area contributed by atoms with E-state index in [4.69, 9.17) is 5.73 Å². The smallest absolute Gasteiger partial charge is 0.252 e. The van der Waals surface area contributed by atoms with Crippen LogP contribution in [-0.4, -0.2) is 9.97 Å². The Morgan fingerprint density at radius 2 is 2.17 bits per heavy atom. The maximum Gasteiger partial charge on any atom is 0.252 e. The van der Waals surface area contributed by atoms with Crippen LogP contribution in [0.2, 0.25) is 0 Å². The summed E-state index contributed by atoms with van der Waals surface area (Å²) in [6.07, 6.45) is 3.79. The molecule has 1 aromatic carbocycles. The molecule has 1 aliphatic carbocycles. The van der Waals surface area contributed by atoms with Gasteiger partial charge in [0, 0.05) is 11.6 Å². The van der Waals surface area contributed by atoms with E-state index >= 15 is 0 Å². The molecule has 0 aliphatic heterocycles. The summed E-state index contributed by atoms with van der Waals surface area (Å²) in [6, 6.07) is 9.66. The summed E-state index contributed by atoms with van der Waals surface area (Å²) in [7, 11) is 0. The second kappa shape index (κ2) is 4.29. The van der Waals surface area contributed by atoms with Crippen LogP contribution in [-0.2, 0) is 6.42 Å². The van der Waals surface area contributed by atoms with Crippen LogP contribution in [0.4, 0.5) is 5.95 Å². The van der Waals surface area contributed by atoms with Crippen LogP contribution in [0.15, 0.2) is 35.1 Å². The number of aromatic nitrogens is 2. The Balaban J connectivity index is 1.96. The zero-order valence-electron chi connectivity index (χ0n) is 10.0. The Labute approximate surface area is 105 Å². The predicted octanol–water partition coefficient (Wildman–Crippen LogP) is 1.97. The number of nitrogens with zero attached hydrogens (tertiary/aromatic N) is 1. The van der Waals surface area contributed by atoms with Gasteiger partial charge in [0.05, 0.1) is 5.69 Å². The molecule has 0 amide bonds. The lowest BCUT2D eigenvalue weighted by Crippen LogP contribution is -2.10. The molecule has 0 bridgehead atoms. The van der Waals surface area contributed by atoms with Crippen molar-refractivity contribution in [1.29, 1.82) is 0 Å². The van der Waals surface area contributed by atoms with E-state index in [2.05, 4.69) is 22.1 Å². The van der Waals surface area contributed by atoms with Gasteiger partial charge in [-0.15, -0.1) is 0 Å². The SMILES string of the molecule is Nc1nc(-c2cccc(CC3CC3)c2)cc(=O)[nH]1. The molecular weight excluding hydrogens is 226 g/mol. The van der Waals surface area contributed by atoms with E-state index in [1.165, 1.54) is 24.5 Å². The maximum atomic E-state index is 11.4. The molecule has 1 aromatic heterocycles. The third-order valence-electron chi connectivity index (χ3n) is 3.20. The number of nitrogens with two attached hydrogens (primary N) is 1. The van der Waals surface area contributed by atoms with E-state index < -0.39 is 0 Å². The van der Waals surface area contributed by atoms with E-state index in [9.17, 15) is 4.79 Å². The number of nitrogens with one attached hydrogen (secondary N) is 1.